The largest absolute Gasteiger partial charge is 0.465 e. The fourth-order valence-electron chi connectivity index (χ4n) is 3.83. The van der Waals surface area contributed by atoms with Crippen LogP contribution >= 0.6 is 0 Å². The molecular formula is C19H31N5O2. The van der Waals surface area contributed by atoms with Crippen molar-refractivity contribution in [1.82, 2.24) is 14.9 Å². The molecule has 3 rings (SSSR count). The fraction of sp³-hybridized carbons (Fsp3) is 0.737. The van der Waals surface area contributed by atoms with Crippen LogP contribution in [0.15, 0.2) is 12.4 Å². The summed E-state index contributed by atoms with van der Waals surface area (Å²) in [6.07, 6.45) is 5.23. The molecule has 0 N–H and O–H groups in total. The predicted octanol–water partition coefficient (Wildman–Crippen LogP) is 1.79. The molecule has 144 valence electrons. The zero-order chi connectivity index (χ0) is 18.4. The molecular weight excluding hydrogens is 330 g/mol. The number of nitrogens with zero attached hydrogens (tertiary/aromatic N) is 5. The molecule has 0 aromatic carbocycles. The third-order valence-corrected chi connectivity index (χ3v) is 5.19. The second kappa shape index (κ2) is 9.16. The predicted molar refractivity (Wildman–Crippen MR) is 103 cm³/mol. The maximum atomic E-state index is 11.7. The number of piperidine rings is 1. The lowest BCUT2D eigenvalue weighted by molar-refractivity contribution is -0.144. The Balaban J connectivity index is 1.60. The lowest BCUT2D eigenvalue weighted by atomic mass is 10.0. The van der Waals surface area contributed by atoms with Gasteiger partial charge in [0.15, 0.2) is 0 Å². The van der Waals surface area contributed by atoms with Crippen LogP contribution in [-0.2, 0) is 9.53 Å². The number of anilines is 2. The molecule has 1 aromatic heterocycles. The van der Waals surface area contributed by atoms with Crippen LogP contribution in [0.2, 0.25) is 0 Å². The Morgan fingerprint density at radius 2 is 1.88 bits per heavy atom. The number of carbonyl (C=O) groups excluding carboxylic acids is 1. The molecule has 2 aliphatic heterocycles. The zero-order valence-corrected chi connectivity index (χ0v) is 16.1. The Labute approximate surface area is 156 Å². The highest BCUT2D eigenvalue weighted by atomic mass is 16.5. The quantitative estimate of drug-likeness (QED) is 0.741. The molecule has 1 atom stereocenters. The van der Waals surface area contributed by atoms with Gasteiger partial charge in [0.1, 0.15) is 18.0 Å². The van der Waals surface area contributed by atoms with Gasteiger partial charge in [0.2, 0.25) is 0 Å². The van der Waals surface area contributed by atoms with Crippen molar-refractivity contribution in [3.8, 4) is 0 Å². The van der Waals surface area contributed by atoms with E-state index in [0.29, 0.717) is 13.2 Å². The van der Waals surface area contributed by atoms with E-state index in [1.807, 2.05) is 6.92 Å². The van der Waals surface area contributed by atoms with Crippen LogP contribution in [0.1, 0.15) is 33.1 Å². The molecule has 7 heteroatoms. The molecule has 26 heavy (non-hydrogen) atoms. The molecule has 0 bridgehead atoms. The number of aromatic nitrogens is 2. The standard InChI is InChI=1S/C19H31N5O2/c1-3-26-19(25)14-22-7-5-9-23(11-10-22)17-12-18(21-15-20-17)24-8-4-6-16(2)13-24/h12,15-16H,3-11,13-14H2,1-2H3. The lowest BCUT2D eigenvalue weighted by Gasteiger charge is -2.32. The van der Waals surface area contributed by atoms with Crippen LogP contribution in [0.4, 0.5) is 11.6 Å². The van der Waals surface area contributed by atoms with Crippen molar-refractivity contribution < 1.29 is 9.53 Å². The molecule has 0 aliphatic carbocycles. The van der Waals surface area contributed by atoms with Crippen LogP contribution in [0.3, 0.4) is 0 Å². The molecule has 0 saturated carbocycles. The van der Waals surface area contributed by atoms with Gasteiger partial charge in [0, 0.05) is 45.3 Å². The number of esters is 1. The average molecular weight is 361 g/mol. The van der Waals surface area contributed by atoms with E-state index in [9.17, 15) is 4.79 Å². The maximum absolute atomic E-state index is 11.7. The van der Waals surface area contributed by atoms with Gasteiger partial charge in [-0.05, 0) is 32.1 Å². The number of ether oxygens (including phenoxy) is 1. The van der Waals surface area contributed by atoms with Gasteiger partial charge in [-0.2, -0.15) is 0 Å². The van der Waals surface area contributed by atoms with Gasteiger partial charge < -0.3 is 14.5 Å². The topological polar surface area (TPSA) is 61.8 Å². The zero-order valence-electron chi connectivity index (χ0n) is 16.1. The second-order valence-corrected chi connectivity index (χ2v) is 7.35. The summed E-state index contributed by atoms with van der Waals surface area (Å²) in [6.45, 7) is 10.7. The Bertz CT molecular complexity index is 597. The minimum atomic E-state index is -0.135. The van der Waals surface area contributed by atoms with E-state index in [1.165, 1.54) is 12.8 Å². The van der Waals surface area contributed by atoms with Crippen LogP contribution in [0.25, 0.3) is 0 Å². The molecule has 7 nitrogen and oxygen atoms in total. The van der Waals surface area contributed by atoms with Crippen LogP contribution in [-0.4, -0.2) is 73.3 Å². The van der Waals surface area contributed by atoms with Gasteiger partial charge in [0.25, 0.3) is 0 Å². The SMILES string of the molecule is CCOC(=O)CN1CCCN(c2cc(N3CCCC(C)C3)ncn2)CC1. The van der Waals surface area contributed by atoms with Crippen molar-refractivity contribution in [2.45, 2.75) is 33.1 Å². The highest BCUT2D eigenvalue weighted by Crippen LogP contribution is 2.24. The van der Waals surface area contributed by atoms with E-state index < -0.39 is 0 Å². The van der Waals surface area contributed by atoms with E-state index in [1.54, 1.807) is 6.33 Å². The first kappa shape index (κ1) is 18.9. The third-order valence-electron chi connectivity index (χ3n) is 5.19. The first-order valence-corrected chi connectivity index (χ1v) is 9.85. The summed E-state index contributed by atoms with van der Waals surface area (Å²) in [7, 11) is 0. The summed E-state index contributed by atoms with van der Waals surface area (Å²) < 4.78 is 5.07. The first-order chi connectivity index (χ1) is 12.7. The Morgan fingerprint density at radius 1 is 1.12 bits per heavy atom. The maximum Gasteiger partial charge on any atom is 0.320 e. The molecule has 0 spiro atoms. The van der Waals surface area contributed by atoms with Gasteiger partial charge in [-0.3, -0.25) is 9.69 Å². The molecule has 2 aliphatic rings. The van der Waals surface area contributed by atoms with Gasteiger partial charge in [-0.15, -0.1) is 0 Å². The number of carbonyl (C=O) groups is 1. The second-order valence-electron chi connectivity index (χ2n) is 7.35. The molecule has 2 saturated heterocycles. The highest BCUT2D eigenvalue weighted by Gasteiger charge is 2.21. The van der Waals surface area contributed by atoms with Gasteiger partial charge >= 0.3 is 5.97 Å². The summed E-state index contributed by atoms with van der Waals surface area (Å²) >= 11 is 0. The summed E-state index contributed by atoms with van der Waals surface area (Å²) in [5, 5.41) is 0. The molecule has 3 heterocycles. The third kappa shape index (κ3) is 5.06. The molecule has 0 amide bonds. The van der Waals surface area contributed by atoms with E-state index in [2.05, 4.69) is 37.7 Å². The molecule has 2 fully saturated rings. The fourth-order valence-corrected chi connectivity index (χ4v) is 3.83. The van der Waals surface area contributed by atoms with Gasteiger partial charge in [-0.25, -0.2) is 9.97 Å². The van der Waals surface area contributed by atoms with Crippen LogP contribution in [0.5, 0.6) is 0 Å². The monoisotopic (exact) mass is 361 g/mol. The van der Waals surface area contributed by atoms with E-state index in [4.69, 9.17) is 4.74 Å². The Kier molecular flexibility index (Phi) is 6.66. The van der Waals surface area contributed by atoms with E-state index >= 15 is 0 Å². The number of hydrogen-bond donors (Lipinski definition) is 0. The van der Waals surface area contributed by atoms with Crippen molar-refractivity contribution >= 4 is 17.6 Å². The summed E-state index contributed by atoms with van der Waals surface area (Å²) in [6, 6.07) is 2.12. The molecule has 1 aromatic rings. The highest BCUT2D eigenvalue weighted by molar-refractivity contribution is 5.71. The summed E-state index contributed by atoms with van der Waals surface area (Å²) in [4.78, 5) is 27.6. The average Bonchev–Trinajstić information content (AvgIpc) is 2.88. The van der Waals surface area contributed by atoms with Gasteiger partial charge in [-0.1, -0.05) is 6.92 Å². The molecule has 0 radical (unpaired) electrons. The van der Waals surface area contributed by atoms with Crippen molar-refractivity contribution in [3.05, 3.63) is 12.4 Å². The number of hydrogen-bond acceptors (Lipinski definition) is 7. The summed E-state index contributed by atoms with van der Waals surface area (Å²) in [5.41, 5.74) is 0. The lowest BCUT2D eigenvalue weighted by Crippen LogP contribution is -2.36. The Hall–Kier alpha value is -1.89. The first-order valence-electron chi connectivity index (χ1n) is 9.85. The minimum Gasteiger partial charge on any atom is -0.465 e. The van der Waals surface area contributed by atoms with Crippen molar-refractivity contribution in [2.24, 2.45) is 5.92 Å². The normalized spacial score (nSPS) is 22.2. The van der Waals surface area contributed by atoms with Crippen molar-refractivity contribution in [1.29, 1.82) is 0 Å². The molecule has 1 unspecified atom stereocenters. The van der Waals surface area contributed by atoms with Crippen molar-refractivity contribution in [3.63, 3.8) is 0 Å². The van der Waals surface area contributed by atoms with Crippen molar-refractivity contribution in [2.75, 3.05) is 62.2 Å². The minimum absolute atomic E-state index is 0.135. The van der Waals surface area contributed by atoms with Crippen LogP contribution in [0, 0.1) is 5.92 Å². The van der Waals surface area contributed by atoms with E-state index in [-0.39, 0.29) is 5.97 Å². The smallest absolute Gasteiger partial charge is 0.320 e. The van der Waals surface area contributed by atoms with E-state index in [0.717, 1.165) is 63.2 Å². The Morgan fingerprint density at radius 3 is 2.65 bits per heavy atom. The summed E-state index contributed by atoms with van der Waals surface area (Å²) in [5.74, 6) is 2.61. The van der Waals surface area contributed by atoms with Crippen LogP contribution < -0.4 is 9.80 Å². The number of rotatable bonds is 5. The van der Waals surface area contributed by atoms with Gasteiger partial charge in [0.05, 0.1) is 13.2 Å².